The molecule has 0 aromatic carbocycles. The zero-order chi connectivity index (χ0) is 13.0. The number of nitrogens with zero attached hydrogens (tertiary/aromatic N) is 1. The third-order valence-corrected chi connectivity index (χ3v) is 4.12. The Bertz CT molecular complexity index is 374. The molecule has 0 spiro atoms. The predicted octanol–water partition coefficient (Wildman–Crippen LogP) is 1.99. The number of carbonyl (C=O) groups excluding carboxylic acids is 1. The van der Waals surface area contributed by atoms with E-state index >= 15 is 0 Å². The quantitative estimate of drug-likeness (QED) is 0.858. The highest BCUT2D eigenvalue weighted by Crippen LogP contribution is 2.29. The topological polar surface area (TPSA) is 41.6 Å². The summed E-state index contributed by atoms with van der Waals surface area (Å²) >= 11 is 1.68. The van der Waals surface area contributed by atoms with Gasteiger partial charge in [0.05, 0.1) is 19.2 Å². The molecule has 1 fully saturated rings. The van der Waals surface area contributed by atoms with Crippen LogP contribution in [0, 0.1) is 0 Å². The molecule has 0 bridgehead atoms. The number of thiophene rings is 1. The van der Waals surface area contributed by atoms with E-state index in [9.17, 15) is 4.79 Å². The molecule has 1 aliphatic heterocycles. The van der Waals surface area contributed by atoms with Gasteiger partial charge in [0, 0.05) is 12.0 Å². The van der Waals surface area contributed by atoms with E-state index in [1.807, 2.05) is 16.3 Å². The number of hydrogen-bond acceptors (Lipinski definition) is 4. The van der Waals surface area contributed by atoms with Gasteiger partial charge in [-0.2, -0.15) is 0 Å². The third kappa shape index (κ3) is 2.74. The van der Waals surface area contributed by atoms with Gasteiger partial charge in [-0.1, -0.05) is 19.4 Å². The molecule has 2 atom stereocenters. The molecular formula is C13H20N2O2S. The Labute approximate surface area is 112 Å². The van der Waals surface area contributed by atoms with Crippen molar-refractivity contribution in [1.82, 2.24) is 10.2 Å². The number of methoxy groups -OCH3 is 1. The Balaban J connectivity index is 2.17. The summed E-state index contributed by atoms with van der Waals surface area (Å²) in [7, 11) is 1.69. The molecule has 0 saturated carbocycles. The molecule has 4 nitrogen and oxygen atoms in total. The molecule has 1 N–H and O–H groups in total. The first kappa shape index (κ1) is 13.5. The van der Waals surface area contributed by atoms with Crippen molar-refractivity contribution in [3.8, 4) is 0 Å². The van der Waals surface area contributed by atoms with Crippen LogP contribution in [0.25, 0.3) is 0 Å². The molecule has 2 heterocycles. The maximum absolute atomic E-state index is 12.1. The van der Waals surface area contributed by atoms with Gasteiger partial charge in [0.2, 0.25) is 5.91 Å². The summed E-state index contributed by atoms with van der Waals surface area (Å²) in [5.41, 5.74) is 0. The molecule has 1 aromatic rings. The Morgan fingerprint density at radius 3 is 3.11 bits per heavy atom. The van der Waals surface area contributed by atoms with Gasteiger partial charge in [-0.05, 0) is 17.9 Å². The molecule has 5 heteroatoms. The highest BCUT2D eigenvalue weighted by molar-refractivity contribution is 7.10. The third-order valence-electron chi connectivity index (χ3n) is 3.20. The normalized spacial score (nSPS) is 21.6. The minimum Gasteiger partial charge on any atom is -0.383 e. The van der Waals surface area contributed by atoms with Gasteiger partial charge in [0.25, 0.3) is 0 Å². The minimum atomic E-state index is 0.0178. The van der Waals surface area contributed by atoms with E-state index in [1.54, 1.807) is 18.4 Å². The van der Waals surface area contributed by atoms with E-state index in [1.165, 1.54) is 4.88 Å². The van der Waals surface area contributed by atoms with Crippen molar-refractivity contribution in [1.29, 1.82) is 0 Å². The fraction of sp³-hybridized carbons (Fsp3) is 0.615. The molecule has 0 aliphatic carbocycles. The van der Waals surface area contributed by atoms with Crippen molar-refractivity contribution in [2.45, 2.75) is 32.0 Å². The van der Waals surface area contributed by atoms with Gasteiger partial charge in [0.1, 0.15) is 6.17 Å². The minimum absolute atomic E-state index is 0.0178. The van der Waals surface area contributed by atoms with Crippen molar-refractivity contribution in [2.75, 3.05) is 20.3 Å². The number of carbonyl (C=O) groups is 1. The van der Waals surface area contributed by atoms with E-state index in [0.29, 0.717) is 13.2 Å². The highest BCUT2D eigenvalue weighted by atomic mass is 32.1. The second-order valence-electron chi connectivity index (χ2n) is 4.50. The number of ether oxygens (including phenoxy) is 1. The van der Waals surface area contributed by atoms with Crippen LogP contribution < -0.4 is 5.32 Å². The molecule has 1 saturated heterocycles. The van der Waals surface area contributed by atoms with Crippen molar-refractivity contribution in [2.24, 2.45) is 0 Å². The van der Waals surface area contributed by atoms with Crippen molar-refractivity contribution < 1.29 is 9.53 Å². The summed E-state index contributed by atoms with van der Waals surface area (Å²) in [6.07, 6.45) is 2.04. The SMILES string of the molecule is CCCC(COC)N1C(=O)CNC1c1cccs1. The largest absolute Gasteiger partial charge is 0.383 e. The van der Waals surface area contributed by atoms with Crippen LogP contribution in [0.2, 0.25) is 0 Å². The first-order chi connectivity index (χ1) is 8.77. The lowest BCUT2D eigenvalue weighted by Crippen LogP contribution is -2.42. The van der Waals surface area contributed by atoms with Gasteiger partial charge in [-0.25, -0.2) is 0 Å². The van der Waals surface area contributed by atoms with Crippen LogP contribution in [0.15, 0.2) is 17.5 Å². The summed E-state index contributed by atoms with van der Waals surface area (Å²) in [5, 5.41) is 5.33. The lowest BCUT2D eigenvalue weighted by Gasteiger charge is -2.31. The van der Waals surface area contributed by atoms with Crippen LogP contribution in [0.3, 0.4) is 0 Å². The van der Waals surface area contributed by atoms with Crippen molar-refractivity contribution in [3.05, 3.63) is 22.4 Å². The van der Waals surface area contributed by atoms with Crippen LogP contribution in [0.4, 0.5) is 0 Å². The van der Waals surface area contributed by atoms with Crippen LogP contribution in [-0.4, -0.2) is 37.1 Å². The summed E-state index contributed by atoms with van der Waals surface area (Å²) in [5.74, 6) is 0.170. The zero-order valence-corrected chi connectivity index (χ0v) is 11.7. The van der Waals surface area contributed by atoms with Gasteiger partial charge in [-0.3, -0.25) is 10.1 Å². The molecule has 2 rings (SSSR count). The standard InChI is InChI=1S/C13H20N2O2S/c1-3-5-10(9-17-2)15-12(16)8-14-13(15)11-6-4-7-18-11/h4,6-7,10,13-14H,3,5,8-9H2,1-2H3. The molecule has 0 radical (unpaired) electrons. The van der Waals surface area contributed by atoms with Crippen LogP contribution in [-0.2, 0) is 9.53 Å². The summed E-state index contributed by atoms with van der Waals surface area (Å²) in [6, 6.07) is 4.26. The van der Waals surface area contributed by atoms with Gasteiger partial charge < -0.3 is 9.64 Å². The lowest BCUT2D eigenvalue weighted by atomic mass is 10.1. The fourth-order valence-electron chi connectivity index (χ4n) is 2.44. The Morgan fingerprint density at radius 2 is 2.50 bits per heavy atom. The fourth-order valence-corrected chi connectivity index (χ4v) is 3.24. The van der Waals surface area contributed by atoms with Crippen LogP contribution in [0.5, 0.6) is 0 Å². The summed E-state index contributed by atoms with van der Waals surface area (Å²) in [6.45, 7) is 3.16. The first-order valence-corrected chi connectivity index (χ1v) is 7.22. The molecule has 2 unspecified atom stereocenters. The Kier molecular flexibility index (Phi) is 4.74. The van der Waals surface area contributed by atoms with Gasteiger partial charge in [-0.15, -0.1) is 11.3 Å². The monoisotopic (exact) mass is 268 g/mol. The molecule has 1 amide bonds. The molecule has 18 heavy (non-hydrogen) atoms. The number of rotatable bonds is 6. The van der Waals surface area contributed by atoms with E-state index in [0.717, 1.165) is 12.8 Å². The number of hydrogen-bond donors (Lipinski definition) is 1. The van der Waals surface area contributed by atoms with E-state index < -0.39 is 0 Å². The molecule has 100 valence electrons. The van der Waals surface area contributed by atoms with Gasteiger partial charge in [0.15, 0.2) is 0 Å². The second kappa shape index (κ2) is 6.31. The molecular weight excluding hydrogens is 248 g/mol. The van der Waals surface area contributed by atoms with Crippen molar-refractivity contribution >= 4 is 17.2 Å². The van der Waals surface area contributed by atoms with E-state index in [4.69, 9.17) is 4.74 Å². The van der Waals surface area contributed by atoms with Crippen molar-refractivity contribution in [3.63, 3.8) is 0 Å². The number of nitrogens with one attached hydrogen (secondary N) is 1. The number of amides is 1. The predicted molar refractivity (Wildman–Crippen MR) is 72.5 cm³/mol. The average molecular weight is 268 g/mol. The zero-order valence-electron chi connectivity index (χ0n) is 10.9. The maximum atomic E-state index is 12.1. The summed E-state index contributed by atoms with van der Waals surface area (Å²) < 4.78 is 5.26. The lowest BCUT2D eigenvalue weighted by molar-refractivity contribution is -0.131. The maximum Gasteiger partial charge on any atom is 0.238 e. The molecule has 1 aromatic heterocycles. The smallest absolute Gasteiger partial charge is 0.238 e. The second-order valence-corrected chi connectivity index (χ2v) is 5.48. The first-order valence-electron chi connectivity index (χ1n) is 6.34. The van der Waals surface area contributed by atoms with E-state index in [-0.39, 0.29) is 18.1 Å². The van der Waals surface area contributed by atoms with Gasteiger partial charge >= 0.3 is 0 Å². The van der Waals surface area contributed by atoms with Crippen LogP contribution >= 0.6 is 11.3 Å². The van der Waals surface area contributed by atoms with E-state index in [2.05, 4.69) is 18.3 Å². The Hall–Kier alpha value is -0.910. The molecule has 1 aliphatic rings. The highest BCUT2D eigenvalue weighted by Gasteiger charge is 2.36. The Morgan fingerprint density at radius 1 is 1.67 bits per heavy atom. The summed E-state index contributed by atoms with van der Waals surface area (Å²) in [4.78, 5) is 15.2. The average Bonchev–Trinajstić information content (AvgIpc) is 2.97. The van der Waals surface area contributed by atoms with Crippen LogP contribution in [0.1, 0.15) is 30.8 Å².